The van der Waals surface area contributed by atoms with Gasteiger partial charge in [0.05, 0.1) is 6.61 Å². The molecule has 1 aromatic rings. The largest absolute Gasteiger partial charge is 0.383 e. The SMILES string of the molecule is COCCNCC(C)NCc1ccc(Br)cc1F. The Labute approximate surface area is 116 Å². The first-order valence-electron chi connectivity index (χ1n) is 6.00. The summed E-state index contributed by atoms with van der Waals surface area (Å²) in [5, 5.41) is 6.53. The van der Waals surface area contributed by atoms with Crippen LogP contribution in [0.2, 0.25) is 0 Å². The molecule has 5 heteroatoms. The first-order chi connectivity index (χ1) is 8.63. The first-order valence-corrected chi connectivity index (χ1v) is 6.79. The normalized spacial score (nSPS) is 12.7. The highest BCUT2D eigenvalue weighted by Crippen LogP contribution is 2.15. The Morgan fingerprint density at radius 3 is 2.89 bits per heavy atom. The maximum atomic E-state index is 13.6. The lowest BCUT2D eigenvalue weighted by Crippen LogP contribution is -2.37. The Kier molecular flexibility index (Phi) is 7.42. The lowest BCUT2D eigenvalue weighted by molar-refractivity contribution is 0.198. The number of benzene rings is 1. The molecule has 0 bridgehead atoms. The van der Waals surface area contributed by atoms with Crippen LogP contribution >= 0.6 is 15.9 Å². The summed E-state index contributed by atoms with van der Waals surface area (Å²) < 4.78 is 19.3. The molecule has 0 heterocycles. The third kappa shape index (κ3) is 5.91. The highest BCUT2D eigenvalue weighted by atomic mass is 79.9. The average Bonchev–Trinajstić information content (AvgIpc) is 2.33. The summed E-state index contributed by atoms with van der Waals surface area (Å²) in [6.07, 6.45) is 0. The molecule has 0 spiro atoms. The van der Waals surface area contributed by atoms with Crippen molar-refractivity contribution in [1.82, 2.24) is 10.6 Å². The zero-order valence-corrected chi connectivity index (χ0v) is 12.4. The van der Waals surface area contributed by atoms with Gasteiger partial charge in [0.1, 0.15) is 5.82 Å². The maximum absolute atomic E-state index is 13.6. The number of nitrogens with one attached hydrogen (secondary N) is 2. The van der Waals surface area contributed by atoms with Gasteiger partial charge in [0, 0.05) is 42.8 Å². The van der Waals surface area contributed by atoms with Crippen LogP contribution in [0.15, 0.2) is 22.7 Å². The topological polar surface area (TPSA) is 33.3 Å². The Morgan fingerprint density at radius 1 is 1.44 bits per heavy atom. The maximum Gasteiger partial charge on any atom is 0.128 e. The molecule has 1 aromatic carbocycles. The van der Waals surface area contributed by atoms with E-state index in [0.717, 1.165) is 17.6 Å². The Hall–Kier alpha value is -0.490. The van der Waals surface area contributed by atoms with Crippen molar-refractivity contribution in [3.63, 3.8) is 0 Å². The molecule has 102 valence electrons. The van der Waals surface area contributed by atoms with Crippen molar-refractivity contribution in [1.29, 1.82) is 0 Å². The third-order valence-corrected chi connectivity index (χ3v) is 3.08. The third-order valence-electron chi connectivity index (χ3n) is 2.59. The molecule has 1 atom stereocenters. The van der Waals surface area contributed by atoms with Gasteiger partial charge in [-0.25, -0.2) is 4.39 Å². The van der Waals surface area contributed by atoms with E-state index in [-0.39, 0.29) is 11.9 Å². The standard InChI is InChI=1S/C13H20BrFN2O/c1-10(8-16-5-6-18-2)17-9-11-3-4-12(14)7-13(11)15/h3-4,7,10,16-17H,5-6,8-9H2,1-2H3. The number of methoxy groups -OCH3 is 1. The van der Waals surface area contributed by atoms with Crippen molar-refractivity contribution in [3.8, 4) is 0 Å². The number of hydrogen-bond acceptors (Lipinski definition) is 3. The van der Waals surface area contributed by atoms with E-state index in [2.05, 4.69) is 33.5 Å². The van der Waals surface area contributed by atoms with Crippen LogP contribution in [0.3, 0.4) is 0 Å². The quantitative estimate of drug-likeness (QED) is 0.722. The number of halogens is 2. The molecule has 0 fully saturated rings. The predicted molar refractivity (Wildman–Crippen MR) is 75.1 cm³/mol. The number of rotatable bonds is 8. The molecule has 1 rings (SSSR count). The summed E-state index contributed by atoms with van der Waals surface area (Å²) in [5.74, 6) is -0.184. The molecule has 0 aliphatic heterocycles. The molecule has 0 saturated heterocycles. The van der Waals surface area contributed by atoms with Gasteiger partial charge in [-0.15, -0.1) is 0 Å². The lowest BCUT2D eigenvalue weighted by Gasteiger charge is -2.15. The molecular formula is C13H20BrFN2O. The van der Waals surface area contributed by atoms with Gasteiger partial charge < -0.3 is 15.4 Å². The van der Waals surface area contributed by atoms with E-state index in [1.807, 2.05) is 6.07 Å². The van der Waals surface area contributed by atoms with Gasteiger partial charge in [-0.05, 0) is 19.1 Å². The second kappa shape index (κ2) is 8.58. The Balaban J connectivity index is 2.27. The Bertz CT molecular complexity index is 363. The number of hydrogen-bond donors (Lipinski definition) is 2. The fourth-order valence-corrected chi connectivity index (χ4v) is 1.85. The minimum Gasteiger partial charge on any atom is -0.383 e. The highest BCUT2D eigenvalue weighted by Gasteiger charge is 2.05. The van der Waals surface area contributed by atoms with E-state index in [1.54, 1.807) is 13.2 Å². The second-order valence-corrected chi connectivity index (χ2v) is 5.13. The highest BCUT2D eigenvalue weighted by molar-refractivity contribution is 9.10. The van der Waals surface area contributed by atoms with Gasteiger partial charge in [0.25, 0.3) is 0 Å². The monoisotopic (exact) mass is 318 g/mol. The van der Waals surface area contributed by atoms with Crippen molar-refractivity contribution in [3.05, 3.63) is 34.1 Å². The number of ether oxygens (including phenoxy) is 1. The summed E-state index contributed by atoms with van der Waals surface area (Å²) in [6, 6.07) is 5.40. The average molecular weight is 319 g/mol. The molecule has 0 amide bonds. The lowest BCUT2D eigenvalue weighted by atomic mass is 10.2. The summed E-state index contributed by atoms with van der Waals surface area (Å²) in [5.41, 5.74) is 0.682. The molecule has 0 aliphatic rings. The van der Waals surface area contributed by atoms with E-state index in [0.29, 0.717) is 18.7 Å². The van der Waals surface area contributed by atoms with Crippen LogP contribution in [-0.2, 0) is 11.3 Å². The van der Waals surface area contributed by atoms with E-state index in [1.165, 1.54) is 6.07 Å². The van der Waals surface area contributed by atoms with Crippen LogP contribution in [0.4, 0.5) is 4.39 Å². The molecule has 0 saturated carbocycles. The zero-order chi connectivity index (χ0) is 13.4. The van der Waals surface area contributed by atoms with Crippen LogP contribution in [0.25, 0.3) is 0 Å². The van der Waals surface area contributed by atoms with E-state index in [4.69, 9.17) is 4.74 Å². The van der Waals surface area contributed by atoms with E-state index >= 15 is 0 Å². The van der Waals surface area contributed by atoms with Gasteiger partial charge in [-0.3, -0.25) is 0 Å². The summed E-state index contributed by atoms with van der Waals surface area (Å²) >= 11 is 3.24. The van der Waals surface area contributed by atoms with Crippen molar-refractivity contribution < 1.29 is 9.13 Å². The molecule has 3 nitrogen and oxygen atoms in total. The first kappa shape index (κ1) is 15.6. The van der Waals surface area contributed by atoms with E-state index < -0.39 is 0 Å². The smallest absolute Gasteiger partial charge is 0.128 e. The van der Waals surface area contributed by atoms with Crippen LogP contribution in [0.5, 0.6) is 0 Å². The fourth-order valence-electron chi connectivity index (χ4n) is 1.51. The molecule has 0 radical (unpaired) electrons. The van der Waals surface area contributed by atoms with Crippen molar-refractivity contribution in [2.45, 2.75) is 19.5 Å². The fraction of sp³-hybridized carbons (Fsp3) is 0.538. The minimum absolute atomic E-state index is 0.184. The van der Waals surface area contributed by atoms with Crippen LogP contribution in [0, 0.1) is 5.82 Å². The Morgan fingerprint density at radius 2 is 2.22 bits per heavy atom. The van der Waals surface area contributed by atoms with Crippen molar-refractivity contribution in [2.24, 2.45) is 0 Å². The van der Waals surface area contributed by atoms with Crippen LogP contribution in [0.1, 0.15) is 12.5 Å². The van der Waals surface area contributed by atoms with Crippen molar-refractivity contribution in [2.75, 3.05) is 26.8 Å². The molecule has 18 heavy (non-hydrogen) atoms. The summed E-state index contributed by atoms with van der Waals surface area (Å²) in [6.45, 7) is 4.97. The van der Waals surface area contributed by atoms with Crippen molar-refractivity contribution >= 4 is 15.9 Å². The predicted octanol–water partition coefficient (Wildman–Crippen LogP) is 2.30. The van der Waals surface area contributed by atoms with Crippen LogP contribution in [-0.4, -0.2) is 32.8 Å². The van der Waals surface area contributed by atoms with Gasteiger partial charge >= 0.3 is 0 Å². The minimum atomic E-state index is -0.184. The molecule has 1 unspecified atom stereocenters. The van der Waals surface area contributed by atoms with Gasteiger partial charge in [-0.1, -0.05) is 22.0 Å². The molecule has 2 N–H and O–H groups in total. The van der Waals surface area contributed by atoms with Gasteiger partial charge in [0.15, 0.2) is 0 Å². The molecular weight excluding hydrogens is 299 g/mol. The summed E-state index contributed by atoms with van der Waals surface area (Å²) in [7, 11) is 1.68. The van der Waals surface area contributed by atoms with Gasteiger partial charge in [-0.2, -0.15) is 0 Å². The van der Waals surface area contributed by atoms with Gasteiger partial charge in [0.2, 0.25) is 0 Å². The molecule has 0 aliphatic carbocycles. The zero-order valence-electron chi connectivity index (χ0n) is 10.8. The second-order valence-electron chi connectivity index (χ2n) is 4.21. The summed E-state index contributed by atoms with van der Waals surface area (Å²) in [4.78, 5) is 0. The van der Waals surface area contributed by atoms with Crippen LogP contribution < -0.4 is 10.6 Å². The molecule has 0 aromatic heterocycles. The van der Waals surface area contributed by atoms with E-state index in [9.17, 15) is 4.39 Å².